The van der Waals surface area contributed by atoms with Gasteiger partial charge in [0.2, 0.25) is 5.91 Å². The Kier molecular flexibility index (Phi) is 7.30. The van der Waals surface area contributed by atoms with E-state index in [-0.39, 0.29) is 11.5 Å². The Bertz CT molecular complexity index is 1380. The zero-order valence-electron chi connectivity index (χ0n) is 19.6. The molecule has 0 spiro atoms. The molecule has 1 atom stereocenters. The van der Waals surface area contributed by atoms with Gasteiger partial charge in [0.05, 0.1) is 10.9 Å². The summed E-state index contributed by atoms with van der Waals surface area (Å²) in [6.07, 6.45) is 0.424. The Morgan fingerprint density at radius 2 is 1.77 bits per heavy atom. The number of aryl methyl sites for hydroxylation is 3. The first-order valence-electron chi connectivity index (χ1n) is 11.1. The summed E-state index contributed by atoms with van der Waals surface area (Å²) in [5, 5.41) is 13.3. The summed E-state index contributed by atoms with van der Waals surface area (Å²) in [7, 11) is 0. The highest BCUT2D eigenvalue weighted by atomic mass is 35.5. The van der Waals surface area contributed by atoms with Crippen LogP contribution in [-0.2, 0) is 16.0 Å². The molecule has 1 fully saturated rings. The molecule has 4 rings (SSSR count). The minimum absolute atomic E-state index is 0.100. The van der Waals surface area contributed by atoms with Crippen molar-refractivity contribution in [3.05, 3.63) is 105 Å². The molecule has 35 heavy (non-hydrogen) atoms. The largest absolute Gasteiger partial charge is 0.321 e. The van der Waals surface area contributed by atoms with Gasteiger partial charge in [-0.15, -0.1) is 0 Å². The van der Waals surface area contributed by atoms with Crippen LogP contribution in [0.2, 0.25) is 5.02 Å². The van der Waals surface area contributed by atoms with Crippen LogP contribution in [0.3, 0.4) is 0 Å². The van der Waals surface area contributed by atoms with Crippen LogP contribution in [0.5, 0.6) is 0 Å². The van der Waals surface area contributed by atoms with Gasteiger partial charge in [-0.3, -0.25) is 14.5 Å². The fourth-order valence-corrected chi connectivity index (χ4v) is 5.33. The molecular weight excluding hydrogens is 478 g/mol. The number of benzene rings is 3. The smallest absolute Gasteiger partial charge is 0.269 e. The SMILES string of the molecule is Cc1ccc(NC(=O)/C(C#N)=C2\S[C@@H](Cc3ccc(C)c(Cl)c3)C(=O)N2c2ccccc2C)cc1. The number of anilines is 2. The number of para-hydroxylation sites is 1. The maximum atomic E-state index is 13.7. The van der Waals surface area contributed by atoms with Gasteiger partial charge in [0.15, 0.2) is 0 Å². The lowest BCUT2D eigenvalue weighted by Crippen LogP contribution is -2.31. The molecule has 176 valence electrons. The lowest BCUT2D eigenvalue weighted by atomic mass is 10.1. The third-order valence-electron chi connectivity index (χ3n) is 5.83. The molecule has 1 saturated heterocycles. The van der Waals surface area contributed by atoms with Crippen molar-refractivity contribution >= 4 is 46.6 Å². The number of carbonyl (C=O) groups is 2. The van der Waals surface area contributed by atoms with Crippen LogP contribution >= 0.6 is 23.4 Å². The number of rotatable bonds is 5. The molecule has 3 aromatic rings. The maximum absolute atomic E-state index is 13.7. The van der Waals surface area contributed by atoms with E-state index in [0.717, 1.165) is 22.3 Å². The Balaban J connectivity index is 1.74. The highest BCUT2D eigenvalue weighted by Gasteiger charge is 2.41. The van der Waals surface area contributed by atoms with Crippen LogP contribution in [0.25, 0.3) is 0 Å². The number of nitrogens with zero attached hydrogens (tertiary/aromatic N) is 2. The van der Waals surface area contributed by atoms with E-state index in [0.29, 0.717) is 27.8 Å². The van der Waals surface area contributed by atoms with Crippen molar-refractivity contribution in [2.24, 2.45) is 0 Å². The average Bonchev–Trinajstić information content (AvgIpc) is 3.14. The minimum Gasteiger partial charge on any atom is -0.321 e. The Morgan fingerprint density at radius 3 is 2.43 bits per heavy atom. The third-order valence-corrected chi connectivity index (χ3v) is 7.50. The standard InChI is InChI=1S/C28H24ClN3O2S/c1-17-8-12-21(13-9-17)31-26(33)22(16-30)28-32(24-7-5-4-6-19(24)3)27(34)25(35-28)15-20-11-10-18(2)23(29)14-20/h4-14,25H,15H2,1-3H3,(H,31,33)/b28-22-/t25-/m0/s1. The molecule has 0 aliphatic carbocycles. The highest BCUT2D eigenvalue weighted by Crippen LogP contribution is 2.43. The van der Waals surface area contributed by atoms with Crippen LogP contribution < -0.4 is 10.2 Å². The molecule has 0 saturated carbocycles. The lowest BCUT2D eigenvalue weighted by Gasteiger charge is -2.20. The molecule has 1 aliphatic rings. The molecule has 1 N–H and O–H groups in total. The monoisotopic (exact) mass is 501 g/mol. The van der Waals surface area contributed by atoms with Gasteiger partial charge in [-0.1, -0.05) is 71.4 Å². The minimum atomic E-state index is -0.552. The van der Waals surface area contributed by atoms with Gasteiger partial charge in [0.25, 0.3) is 5.91 Å². The van der Waals surface area contributed by atoms with Crippen molar-refractivity contribution in [1.29, 1.82) is 5.26 Å². The van der Waals surface area contributed by atoms with Crippen molar-refractivity contribution in [1.82, 2.24) is 0 Å². The Labute approximate surface area is 214 Å². The summed E-state index contributed by atoms with van der Waals surface area (Å²) in [6.45, 7) is 5.78. The van der Waals surface area contributed by atoms with Crippen LogP contribution in [0, 0.1) is 32.1 Å². The van der Waals surface area contributed by atoms with Crippen molar-refractivity contribution in [2.75, 3.05) is 10.2 Å². The zero-order valence-corrected chi connectivity index (χ0v) is 21.2. The Hall–Kier alpha value is -3.53. The summed E-state index contributed by atoms with van der Waals surface area (Å²) in [5.74, 6) is -0.726. The van der Waals surface area contributed by atoms with Crippen molar-refractivity contribution in [2.45, 2.75) is 32.4 Å². The summed E-state index contributed by atoms with van der Waals surface area (Å²) < 4.78 is 0. The van der Waals surface area contributed by atoms with Gasteiger partial charge < -0.3 is 5.32 Å². The Morgan fingerprint density at radius 1 is 1.06 bits per heavy atom. The molecular formula is C28H24ClN3O2S. The number of hydrogen-bond acceptors (Lipinski definition) is 4. The third kappa shape index (κ3) is 5.27. The number of hydrogen-bond donors (Lipinski definition) is 1. The molecule has 7 heteroatoms. The van der Waals surface area contributed by atoms with E-state index >= 15 is 0 Å². The zero-order chi connectivity index (χ0) is 25.1. The van der Waals surface area contributed by atoms with Gasteiger partial charge >= 0.3 is 0 Å². The van der Waals surface area contributed by atoms with E-state index in [1.165, 1.54) is 16.7 Å². The second kappa shape index (κ2) is 10.4. The first-order chi connectivity index (χ1) is 16.8. The number of halogens is 1. The molecule has 1 aliphatic heterocycles. The molecule has 0 bridgehead atoms. The maximum Gasteiger partial charge on any atom is 0.269 e. The number of amides is 2. The quantitative estimate of drug-likeness (QED) is 0.327. The normalized spacial score (nSPS) is 16.7. The molecule has 5 nitrogen and oxygen atoms in total. The van der Waals surface area contributed by atoms with Crippen LogP contribution in [0.1, 0.15) is 22.3 Å². The van der Waals surface area contributed by atoms with Crippen LogP contribution in [0.15, 0.2) is 77.3 Å². The van der Waals surface area contributed by atoms with Gasteiger partial charge in [-0.2, -0.15) is 5.26 Å². The second-order valence-electron chi connectivity index (χ2n) is 8.47. The van der Waals surface area contributed by atoms with Crippen molar-refractivity contribution < 1.29 is 9.59 Å². The molecule has 3 aromatic carbocycles. The predicted octanol–water partition coefficient (Wildman–Crippen LogP) is 6.33. The fraction of sp³-hybridized carbons (Fsp3) is 0.179. The number of nitrogens with one attached hydrogen (secondary N) is 1. The summed E-state index contributed by atoms with van der Waals surface area (Å²) in [6, 6.07) is 22.5. The highest BCUT2D eigenvalue weighted by molar-refractivity contribution is 8.05. The van der Waals surface area contributed by atoms with Gasteiger partial charge in [-0.25, -0.2) is 0 Å². The molecule has 0 unspecified atom stereocenters. The van der Waals surface area contributed by atoms with Gasteiger partial charge in [0, 0.05) is 10.7 Å². The first kappa shape index (κ1) is 24.6. The molecule has 1 heterocycles. The molecule has 2 amide bonds. The van der Waals surface area contributed by atoms with Gasteiger partial charge in [0.1, 0.15) is 16.7 Å². The summed E-state index contributed by atoms with van der Waals surface area (Å²) in [4.78, 5) is 28.3. The van der Waals surface area contributed by atoms with E-state index in [1.54, 1.807) is 12.1 Å². The molecule has 0 radical (unpaired) electrons. The topological polar surface area (TPSA) is 73.2 Å². The predicted molar refractivity (Wildman–Crippen MR) is 142 cm³/mol. The second-order valence-corrected chi connectivity index (χ2v) is 10.1. The van der Waals surface area contributed by atoms with Crippen molar-refractivity contribution in [3.8, 4) is 6.07 Å². The van der Waals surface area contributed by atoms with Crippen molar-refractivity contribution in [3.63, 3.8) is 0 Å². The fourth-order valence-electron chi connectivity index (χ4n) is 3.83. The first-order valence-corrected chi connectivity index (χ1v) is 12.4. The van der Waals surface area contributed by atoms with E-state index in [2.05, 4.69) is 5.32 Å². The summed E-state index contributed by atoms with van der Waals surface area (Å²) in [5.41, 5.74) is 4.94. The number of thioether (sulfide) groups is 1. The lowest BCUT2D eigenvalue weighted by molar-refractivity contribution is -0.117. The van der Waals surface area contributed by atoms with Crippen LogP contribution in [0.4, 0.5) is 11.4 Å². The average molecular weight is 502 g/mol. The summed E-state index contributed by atoms with van der Waals surface area (Å²) >= 11 is 7.54. The van der Waals surface area contributed by atoms with Crippen LogP contribution in [-0.4, -0.2) is 17.1 Å². The van der Waals surface area contributed by atoms with Gasteiger partial charge in [-0.05, 0) is 68.1 Å². The van der Waals surface area contributed by atoms with E-state index < -0.39 is 11.2 Å². The number of carbonyl (C=O) groups excluding carboxylic acids is 2. The van der Waals surface area contributed by atoms with E-state index in [9.17, 15) is 14.9 Å². The van der Waals surface area contributed by atoms with E-state index in [4.69, 9.17) is 11.6 Å². The molecule has 0 aromatic heterocycles. The number of nitriles is 1. The van der Waals surface area contributed by atoms with E-state index in [1.807, 2.05) is 81.4 Å².